The molecule has 1 aromatic heterocycles. The third-order valence-electron chi connectivity index (χ3n) is 3.09. The van der Waals surface area contributed by atoms with Crippen LogP contribution in [0.4, 0.5) is 0 Å². The van der Waals surface area contributed by atoms with Gasteiger partial charge in [0.2, 0.25) is 10.0 Å². The highest BCUT2D eigenvalue weighted by Gasteiger charge is 2.26. The van der Waals surface area contributed by atoms with Gasteiger partial charge in [0.1, 0.15) is 0 Å². The van der Waals surface area contributed by atoms with Crippen LogP contribution in [0.2, 0.25) is 0 Å². The van der Waals surface area contributed by atoms with Crippen LogP contribution in [0.3, 0.4) is 0 Å². The van der Waals surface area contributed by atoms with Crippen molar-refractivity contribution in [3.8, 4) is 0 Å². The van der Waals surface area contributed by atoms with Crippen molar-refractivity contribution >= 4 is 10.0 Å². The molecule has 0 fully saturated rings. The van der Waals surface area contributed by atoms with Gasteiger partial charge < -0.3 is 5.32 Å². The molecule has 1 rings (SSSR count). The van der Waals surface area contributed by atoms with Gasteiger partial charge in [0.05, 0.1) is 17.5 Å². The zero-order valence-corrected chi connectivity index (χ0v) is 13.7. The van der Waals surface area contributed by atoms with Gasteiger partial charge in [-0.2, -0.15) is 4.31 Å². The summed E-state index contributed by atoms with van der Waals surface area (Å²) in [5, 5.41) is 2.70. The molecule has 0 spiro atoms. The number of sulfonamides is 1. The lowest BCUT2D eigenvalue weighted by Crippen LogP contribution is -2.41. The minimum absolute atomic E-state index is 0.274. The minimum atomic E-state index is -3.31. The Kier molecular flexibility index (Phi) is 6.10. The van der Waals surface area contributed by atoms with Crippen LogP contribution >= 0.6 is 0 Å². The van der Waals surface area contributed by atoms with E-state index in [1.807, 2.05) is 39.0 Å². The second-order valence-corrected chi connectivity index (χ2v) is 7.90. The van der Waals surface area contributed by atoms with Crippen molar-refractivity contribution in [2.24, 2.45) is 0 Å². The Bertz CT molecular complexity index is 529. The van der Waals surface area contributed by atoms with Crippen LogP contribution in [0.25, 0.3) is 0 Å². The molecule has 0 radical (unpaired) electrons. The maximum absolute atomic E-state index is 12.4. The molecule has 0 aliphatic rings. The Hall–Kier alpha value is -0.980. The first-order valence-electron chi connectivity index (χ1n) is 6.84. The lowest BCUT2D eigenvalue weighted by Gasteiger charge is -2.22. The fraction of sp³-hybridized carbons (Fsp3) is 0.643. The second-order valence-electron chi connectivity index (χ2n) is 5.44. The van der Waals surface area contributed by atoms with E-state index < -0.39 is 15.3 Å². The van der Waals surface area contributed by atoms with Crippen LogP contribution in [-0.2, 0) is 16.6 Å². The van der Waals surface area contributed by atoms with Crippen molar-refractivity contribution in [2.45, 2.75) is 45.5 Å². The summed E-state index contributed by atoms with van der Waals surface area (Å²) in [6.07, 6.45) is 0. The molecular formula is C14H25N3O2S. The predicted octanol–water partition coefficient (Wildman–Crippen LogP) is 1.54. The van der Waals surface area contributed by atoms with E-state index in [4.69, 9.17) is 0 Å². The van der Waals surface area contributed by atoms with E-state index in [1.54, 1.807) is 14.0 Å². The van der Waals surface area contributed by atoms with E-state index in [2.05, 4.69) is 10.3 Å². The normalized spacial score (nSPS) is 13.9. The first kappa shape index (κ1) is 17.1. The summed E-state index contributed by atoms with van der Waals surface area (Å²) in [5.74, 6) is 0. The maximum Gasteiger partial charge on any atom is 0.218 e. The van der Waals surface area contributed by atoms with Gasteiger partial charge in [0.25, 0.3) is 0 Å². The molecule has 0 saturated carbocycles. The Balaban J connectivity index is 2.71. The van der Waals surface area contributed by atoms with Gasteiger partial charge in [-0.05, 0) is 26.0 Å². The fourth-order valence-corrected chi connectivity index (χ4v) is 3.05. The molecule has 1 unspecified atom stereocenters. The van der Waals surface area contributed by atoms with E-state index in [-0.39, 0.29) is 6.04 Å². The van der Waals surface area contributed by atoms with Gasteiger partial charge in [0.15, 0.2) is 0 Å². The molecule has 1 heterocycles. The number of nitrogens with one attached hydrogen (secondary N) is 1. The third kappa shape index (κ3) is 4.85. The van der Waals surface area contributed by atoms with E-state index in [0.717, 1.165) is 11.4 Å². The van der Waals surface area contributed by atoms with Crippen molar-refractivity contribution in [1.29, 1.82) is 0 Å². The topological polar surface area (TPSA) is 62.3 Å². The van der Waals surface area contributed by atoms with Gasteiger partial charge in [-0.3, -0.25) is 4.98 Å². The zero-order chi connectivity index (χ0) is 15.3. The Morgan fingerprint density at radius 3 is 2.50 bits per heavy atom. The van der Waals surface area contributed by atoms with Crippen LogP contribution in [0.5, 0.6) is 0 Å². The van der Waals surface area contributed by atoms with Crippen molar-refractivity contribution < 1.29 is 8.42 Å². The van der Waals surface area contributed by atoms with Crippen molar-refractivity contribution in [3.05, 3.63) is 29.6 Å². The molecule has 6 heteroatoms. The average Bonchev–Trinajstić information content (AvgIpc) is 2.35. The molecule has 1 N–H and O–H groups in total. The summed E-state index contributed by atoms with van der Waals surface area (Å²) in [6.45, 7) is 8.37. The predicted molar refractivity (Wildman–Crippen MR) is 82.0 cm³/mol. The lowest BCUT2D eigenvalue weighted by molar-refractivity contribution is 0.446. The molecule has 0 aliphatic heterocycles. The average molecular weight is 299 g/mol. The second kappa shape index (κ2) is 7.15. The van der Waals surface area contributed by atoms with Gasteiger partial charge in [-0.1, -0.05) is 19.9 Å². The number of aryl methyl sites for hydroxylation is 1. The molecule has 1 aromatic rings. The van der Waals surface area contributed by atoms with Gasteiger partial charge in [-0.25, -0.2) is 8.42 Å². The number of pyridine rings is 1. The molecule has 0 bridgehead atoms. The highest BCUT2D eigenvalue weighted by atomic mass is 32.2. The van der Waals surface area contributed by atoms with Crippen LogP contribution in [-0.4, -0.2) is 42.6 Å². The summed E-state index contributed by atoms with van der Waals surface area (Å²) in [6, 6.07) is 5.90. The summed E-state index contributed by atoms with van der Waals surface area (Å²) in [4.78, 5) is 4.34. The molecule has 0 aromatic carbocycles. The highest BCUT2D eigenvalue weighted by molar-refractivity contribution is 7.89. The van der Waals surface area contributed by atoms with Crippen LogP contribution in [0.15, 0.2) is 18.2 Å². The lowest BCUT2D eigenvalue weighted by atomic mass is 10.3. The van der Waals surface area contributed by atoms with Gasteiger partial charge >= 0.3 is 0 Å². The van der Waals surface area contributed by atoms with Gasteiger partial charge in [0, 0.05) is 25.3 Å². The minimum Gasteiger partial charge on any atom is -0.313 e. The summed E-state index contributed by atoms with van der Waals surface area (Å²) >= 11 is 0. The van der Waals surface area contributed by atoms with Crippen molar-refractivity contribution in [3.63, 3.8) is 0 Å². The molecule has 0 saturated heterocycles. The van der Waals surface area contributed by atoms with Gasteiger partial charge in [-0.15, -0.1) is 0 Å². The molecule has 114 valence electrons. The summed E-state index contributed by atoms with van der Waals surface area (Å²) in [7, 11) is -1.71. The quantitative estimate of drug-likeness (QED) is 0.829. The number of nitrogens with zero attached hydrogens (tertiary/aromatic N) is 2. The van der Waals surface area contributed by atoms with Crippen LogP contribution in [0.1, 0.15) is 32.2 Å². The first-order valence-corrected chi connectivity index (χ1v) is 8.35. The molecule has 5 nitrogen and oxygen atoms in total. The maximum atomic E-state index is 12.4. The number of aromatic nitrogens is 1. The molecule has 0 amide bonds. The third-order valence-corrected chi connectivity index (χ3v) is 5.27. The molecule has 20 heavy (non-hydrogen) atoms. The van der Waals surface area contributed by atoms with Crippen LogP contribution < -0.4 is 5.32 Å². The Morgan fingerprint density at radius 2 is 1.95 bits per heavy atom. The number of hydrogen-bond donors (Lipinski definition) is 1. The standard InChI is InChI=1S/C14H25N3O2S/c1-11(2)15-9-13(4)20(18,19)17(5)10-14-8-6-7-12(3)16-14/h6-8,11,13,15H,9-10H2,1-5H3. The van der Waals surface area contributed by atoms with Crippen LogP contribution in [0, 0.1) is 6.92 Å². The van der Waals surface area contributed by atoms with E-state index in [1.165, 1.54) is 4.31 Å². The Morgan fingerprint density at radius 1 is 1.30 bits per heavy atom. The van der Waals surface area contributed by atoms with E-state index >= 15 is 0 Å². The smallest absolute Gasteiger partial charge is 0.218 e. The summed E-state index contributed by atoms with van der Waals surface area (Å²) < 4.78 is 26.2. The fourth-order valence-electron chi connectivity index (χ4n) is 1.82. The van der Waals surface area contributed by atoms with Crippen molar-refractivity contribution in [1.82, 2.24) is 14.6 Å². The zero-order valence-electron chi connectivity index (χ0n) is 12.9. The number of rotatable bonds is 7. The van der Waals surface area contributed by atoms with Crippen molar-refractivity contribution in [2.75, 3.05) is 13.6 Å². The Labute approximate surface area is 122 Å². The first-order chi connectivity index (χ1) is 9.23. The largest absolute Gasteiger partial charge is 0.313 e. The summed E-state index contributed by atoms with van der Waals surface area (Å²) in [5.41, 5.74) is 1.66. The monoisotopic (exact) mass is 299 g/mol. The molecule has 1 atom stereocenters. The molecule has 0 aliphatic carbocycles. The van der Waals surface area contributed by atoms with E-state index in [9.17, 15) is 8.42 Å². The number of hydrogen-bond acceptors (Lipinski definition) is 4. The molecular weight excluding hydrogens is 274 g/mol. The SMILES string of the molecule is Cc1cccc(CN(C)S(=O)(=O)C(C)CNC(C)C)n1. The highest BCUT2D eigenvalue weighted by Crippen LogP contribution is 2.11. The van der Waals surface area contributed by atoms with E-state index in [0.29, 0.717) is 13.1 Å².